The largest absolute Gasteiger partial charge is 0.355 e. The first-order valence-corrected chi connectivity index (χ1v) is 10.2. The van der Waals surface area contributed by atoms with Crippen molar-refractivity contribution in [2.24, 2.45) is 0 Å². The second kappa shape index (κ2) is 9.62. The van der Waals surface area contributed by atoms with Crippen LogP contribution in [-0.2, 0) is 11.5 Å². The average molecular weight is 410 g/mol. The zero-order chi connectivity index (χ0) is 20.8. The fourth-order valence-electron chi connectivity index (χ4n) is 3.04. The third-order valence-electron chi connectivity index (χ3n) is 4.52. The van der Waals surface area contributed by atoms with Crippen molar-refractivity contribution >= 4 is 18.1 Å². The van der Waals surface area contributed by atoms with Gasteiger partial charge in [-0.05, 0) is 44.7 Å². The maximum atomic E-state index is 12.0. The molecule has 7 heteroatoms. The van der Waals surface area contributed by atoms with E-state index >= 15 is 0 Å². The fraction of sp³-hybridized carbons (Fsp3) is 0.318. The summed E-state index contributed by atoms with van der Waals surface area (Å²) in [6, 6.07) is 18.2. The quantitative estimate of drug-likeness (QED) is 0.575. The summed E-state index contributed by atoms with van der Waals surface area (Å²) in [5.41, 5.74) is 3.14. The summed E-state index contributed by atoms with van der Waals surface area (Å²) in [6.45, 7) is 5.50. The molecular formula is C22H27N5OS. The minimum atomic E-state index is 0.00196. The van der Waals surface area contributed by atoms with Gasteiger partial charge in [0.1, 0.15) is 0 Å². The summed E-state index contributed by atoms with van der Waals surface area (Å²) >= 11 is 5.77. The molecule has 3 aromatic rings. The van der Waals surface area contributed by atoms with Crippen LogP contribution in [-0.4, -0.2) is 45.3 Å². The second-order valence-corrected chi connectivity index (χ2v) is 7.51. The Kier molecular flexibility index (Phi) is 6.95. The van der Waals surface area contributed by atoms with Crippen LogP contribution in [0.1, 0.15) is 18.9 Å². The van der Waals surface area contributed by atoms with Gasteiger partial charge in [-0.1, -0.05) is 55.0 Å². The highest BCUT2D eigenvalue weighted by Gasteiger charge is 2.16. The number of carbonyl (C=O) groups is 1. The second-order valence-electron chi connectivity index (χ2n) is 7.15. The number of likely N-dealkylation sites (N-methyl/N-ethyl adjacent to an activating group) is 1. The number of hydrogen-bond acceptors (Lipinski definition) is 4. The van der Waals surface area contributed by atoms with Gasteiger partial charge in [-0.2, -0.15) is 0 Å². The summed E-state index contributed by atoms with van der Waals surface area (Å²) in [5, 5.41) is 7.69. The van der Waals surface area contributed by atoms with E-state index in [2.05, 4.69) is 24.4 Å². The number of amides is 1. The molecule has 29 heavy (non-hydrogen) atoms. The number of nitrogens with zero attached hydrogens (tertiary/aromatic N) is 4. The molecule has 0 bridgehead atoms. The first-order valence-electron chi connectivity index (χ1n) is 9.77. The number of benzene rings is 2. The van der Waals surface area contributed by atoms with Crippen LogP contribution in [0.15, 0.2) is 54.6 Å². The highest BCUT2D eigenvalue weighted by atomic mass is 32.1. The maximum Gasteiger partial charge on any atom is 0.234 e. The summed E-state index contributed by atoms with van der Waals surface area (Å²) in [4.78, 5) is 13.9. The summed E-state index contributed by atoms with van der Waals surface area (Å²) < 4.78 is 4.34. The molecule has 0 radical (unpaired) electrons. The Morgan fingerprint density at radius 3 is 2.48 bits per heavy atom. The highest BCUT2D eigenvalue weighted by molar-refractivity contribution is 7.71. The van der Waals surface area contributed by atoms with Crippen LogP contribution in [0.3, 0.4) is 0 Å². The van der Waals surface area contributed by atoms with Crippen LogP contribution in [0.4, 0.5) is 0 Å². The van der Waals surface area contributed by atoms with Crippen molar-refractivity contribution in [2.45, 2.75) is 26.9 Å². The Balaban J connectivity index is 1.94. The van der Waals surface area contributed by atoms with E-state index in [0.717, 1.165) is 23.5 Å². The first-order chi connectivity index (χ1) is 14.0. The molecule has 0 aliphatic carbocycles. The molecule has 2 aromatic carbocycles. The van der Waals surface area contributed by atoms with Gasteiger partial charge >= 0.3 is 0 Å². The molecule has 0 spiro atoms. The number of hydrogen-bond donors (Lipinski definition) is 1. The first kappa shape index (κ1) is 21.0. The van der Waals surface area contributed by atoms with Crippen LogP contribution in [0.5, 0.6) is 0 Å². The maximum absolute atomic E-state index is 12.0. The smallest absolute Gasteiger partial charge is 0.234 e. The minimum Gasteiger partial charge on any atom is -0.355 e. The third-order valence-corrected chi connectivity index (χ3v) is 4.92. The topological polar surface area (TPSA) is 55.1 Å². The van der Waals surface area contributed by atoms with Gasteiger partial charge in [-0.3, -0.25) is 14.3 Å². The Morgan fingerprint density at radius 2 is 1.83 bits per heavy atom. The molecule has 3 rings (SSSR count). The van der Waals surface area contributed by atoms with Gasteiger partial charge in [0.2, 0.25) is 10.7 Å². The van der Waals surface area contributed by atoms with Crippen LogP contribution >= 0.6 is 12.2 Å². The van der Waals surface area contributed by atoms with E-state index in [-0.39, 0.29) is 5.91 Å². The fourth-order valence-corrected chi connectivity index (χ4v) is 3.34. The molecule has 0 fully saturated rings. The average Bonchev–Trinajstić information content (AvgIpc) is 3.03. The normalized spacial score (nSPS) is 11.0. The molecule has 0 aliphatic heterocycles. The number of nitrogens with one attached hydrogen (secondary N) is 1. The van der Waals surface area contributed by atoms with Crippen LogP contribution in [0, 0.1) is 11.7 Å². The van der Waals surface area contributed by atoms with Crippen molar-refractivity contribution in [3.8, 4) is 17.1 Å². The van der Waals surface area contributed by atoms with Gasteiger partial charge < -0.3 is 5.32 Å². The van der Waals surface area contributed by atoms with Gasteiger partial charge in [-0.15, -0.1) is 5.10 Å². The molecule has 0 unspecified atom stereocenters. The molecule has 0 atom stereocenters. The van der Waals surface area contributed by atoms with Crippen molar-refractivity contribution in [1.82, 2.24) is 24.6 Å². The van der Waals surface area contributed by atoms with E-state index in [0.29, 0.717) is 24.5 Å². The van der Waals surface area contributed by atoms with E-state index in [1.165, 1.54) is 5.56 Å². The predicted molar refractivity (Wildman–Crippen MR) is 118 cm³/mol. The Hall–Kier alpha value is -2.77. The number of rotatable bonds is 8. The van der Waals surface area contributed by atoms with Crippen molar-refractivity contribution in [3.63, 3.8) is 0 Å². The Labute approximate surface area is 176 Å². The predicted octanol–water partition coefficient (Wildman–Crippen LogP) is 3.79. The molecular weight excluding hydrogens is 382 g/mol. The SMILES string of the molecule is CCCNC(=O)CN(C)Cn1nc(-c2ccccc2)n(-c2ccc(C)cc2)c1=S. The number of aryl methyl sites for hydroxylation is 1. The van der Waals surface area contributed by atoms with E-state index in [1.807, 2.05) is 65.9 Å². The van der Waals surface area contributed by atoms with Crippen molar-refractivity contribution in [2.75, 3.05) is 20.1 Å². The third kappa shape index (κ3) is 5.19. The standard InChI is InChI=1S/C22H27N5OS/c1-4-14-23-20(28)15-25(3)16-26-22(29)27(19-12-10-17(2)11-13-19)21(24-26)18-8-6-5-7-9-18/h5-13H,4,14-16H2,1-3H3,(H,23,28). The van der Waals surface area contributed by atoms with Gasteiger partial charge in [0.15, 0.2) is 5.82 Å². The van der Waals surface area contributed by atoms with Crippen molar-refractivity contribution in [3.05, 3.63) is 64.9 Å². The molecule has 152 valence electrons. The molecule has 1 amide bonds. The van der Waals surface area contributed by atoms with Crippen LogP contribution in [0.2, 0.25) is 0 Å². The van der Waals surface area contributed by atoms with Crippen LogP contribution < -0.4 is 5.32 Å². The molecule has 0 saturated heterocycles. The monoisotopic (exact) mass is 409 g/mol. The van der Waals surface area contributed by atoms with E-state index in [9.17, 15) is 4.79 Å². The Morgan fingerprint density at radius 1 is 1.14 bits per heavy atom. The lowest BCUT2D eigenvalue weighted by Gasteiger charge is -2.15. The summed E-state index contributed by atoms with van der Waals surface area (Å²) in [7, 11) is 1.89. The van der Waals surface area contributed by atoms with E-state index in [1.54, 1.807) is 4.68 Å². The lowest BCUT2D eigenvalue weighted by atomic mass is 10.2. The molecule has 0 saturated carbocycles. The van der Waals surface area contributed by atoms with Crippen molar-refractivity contribution < 1.29 is 4.79 Å². The molecule has 0 aliphatic rings. The van der Waals surface area contributed by atoms with Crippen LogP contribution in [0.25, 0.3) is 17.1 Å². The van der Waals surface area contributed by atoms with Crippen molar-refractivity contribution in [1.29, 1.82) is 0 Å². The van der Waals surface area contributed by atoms with Gasteiger partial charge in [0, 0.05) is 17.8 Å². The lowest BCUT2D eigenvalue weighted by Crippen LogP contribution is -2.36. The highest BCUT2D eigenvalue weighted by Crippen LogP contribution is 2.23. The van der Waals surface area contributed by atoms with E-state index < -0.39 is 0 Å². The number of carbonyl (C=O) groups excluding carboxylic acids is 1. The summed E-state index contributed by atoms with van der Waals surface area (Å²) in [6.07, 6.45) is 0.919. The molecule has 1 N–H and O–H groups in total. The molecule has 1 aromatic heterocycles. The van der Waals surface area contributed by atoms with Gasteiger partial charge in [0.25, 0.3) is 0 Å². The van der Waals surface area contributed by atoms with Gasteiger partial charge in [-0.25, -0.2) is 4.68 Å². The molecule has 1 heterocycles. The van der Waals surface area contributed by atoms with Gasteiger partial charge in [0.05, 0.1) is 13.2 Å². The zero-order valence-electron chi connectivity index (χ0n) is 17.1. The summed E-state index contributed by atoms with van der Waals surface area (Å²) in [5.74, 6) is 0.783. The zero-order valence-corrected chi connectivity index (χ0v) is 17.9. The Bertz CT molecular complexity index is 1010. The lowest BCUT2D eigenvalue weighted by molar-refractivity contribution is -0.122. The van der Waals surface area contributed by atoms with E-state index in [4.69, 9.17) is 17.3 Å². The molecule has 6 nitrogen and oxygen atoms in total. The minimum absolute atomic E-state index is 0.00196. The number of aromatic nitrogens is 3.